The van der Waals surface area contributed by atoms with Gasteiger partial charge in [0.1, 0.15) is 0 Å². The second kappa shape index (κ2) is 19.1. The number of carbonyl (C=O) groups is 4. The van der Waals surface area contributed by atoms with Crippen LogP contribution in [0.4, 0.5) is 0 Å². The number of nitrogens with one attached hydrogen (secondary N) is 4. The molecular weight excluding hydrogens is 513 g/mol. The molecule has 34 heavy (non-hydrogen) atoms. The first-order chi connectivity index (χ1) is 15.6. The van der Waals surface area contributed by atoms with Crippen LogP contribution in [-0.4, -0.2) is 23.6 Å². The smallest absolute Gasteiger partial charge is 0.263 e. The molecule has 188 valence electrons. The number of rotatable bonds is 0. The lowest BCUT2D eigenvalue weighted by atomic mass is 10.4. The molecule has 0 fully saturated rings. The average Bonchev–Trinajstić information content (AvgIpc) is 2.84. The van der Waals surface area contributed by atoms with Gasteiger partial charge < -0.3 is 21.3 Å². The first-order valence-electron chi connectivity index (χ1n) is 9.56. The molecule has 4 heterocycles. The third-order valence-corrected chi connectivity index (χ3v) is 6.96. The van der Waals surface area contributed by atoms with Gasteiger partial charge in [-0.1, -0.05) is 89.6 Å². The fourth-order valence-corrected chi connectivity index (χ4v) is 5.08. The van der Waals surface area contributed by atoms with Gasteiger partial charge in [0.05, 0.1) is 19.6 Å². The van der Waals surface area contributed by atoms with E-state index in [9.17, 15) is 19.2 Å². The maximum atomic E-state index is 11.4. The second-order valence-electron chi connectivity index (χ2n) is 4.89. The number of hydrogen-bond donors (Lipinski definition) is 4. The maximum absolute atomic E-state index is 11.4. The van der Waals surface area contributed by atoms with Crippen LogP contribution in [0, 0.1) is 0 Å². The van der Waals surface area contributed by atoms with Crippen molar-refractivity contribution >= 4 is 70.7 Å². The minimum absolute atomic E-state index is 0. The van der Waals surface area contributed by atoms with Gasteiger partial charge in [0.25, 0.3) is 23.6 Å². The Morgan fingerprint density at radius 1 is 0.441 bits per heavy atom. The Morgan fingerprint density at radius 3 is 0.765 bits per heavy atom. The van der Waals surface area contributed by atoms with E-state index in [-0.39, 0.29) is 38.5 Å². The van der Waals surface area contributed by atoms with E-state index in [2.05, 4.69) is 21.3 Å². The van der Waals surface area contributed by atoms with Gasteiger partial charge in [-0.3, -0.25) is 19.2 Å². The van der Waals surface area contributed by atoms with Crippen LogP contribution in [-0.2, 0) is 19.2 Å². The largest absolute Gasteiger partial charge is 0.328 e. The van der Waals surface area contributed by atoms with Gasteiger partial charge in [-0.05, 0) is 21.6 Å². The predicted molar refractivity (Wildman–Crippen MR) is 150 cm³/mol. The monoisotopic (exact) mass is 544 g/mol. The van der Waals surface area contributed by atoms with E-state index in [1.165, 1.54) is 47.0 Å². The highest BCUT2D eigenvalue weighted by Gasteiger charge is 2.24. The van der Waals surface area contributed by atoms with Crippen molar-refractivity contribution in [3.63, 3.8) is 0 Å². The zero-order chi connectivity index (χ0) is 23.9. The van der Waals surface area contributed by atoms with Crippen LogP contribution < -0.4 is 21.3 Å². The lowest BCUT2D eigenvalue weighted by molar-refractivity contribution is -0.118. The average molecular weight is 545 g/mol. The molecule has 0 radical (unpaired) electrons. The van der Waals surface area contributed by atoms with Gasteiger partial charge in [-0.25, -0.2) is 0 Å². The minimum Gasteiger partial charge on any atom is -0.328 e. The predicted octanol–water partition coefficient (Wildman–Crippen LogP) is 5.06. The van der Waals surface area contributed by atoms with Gasteiger partial charge >= 0.3 is 0 Å². The fraction of sp³-hybridized carbons (Fsp3) is 0.273. The maximum Gasteiger partial charge on any atom is 0.263 e. The summed E-state index contributed by atoms with van der Waals surface area (Å²) in [6, 6.07) is 0. The molecule has 0 aliphatic carbocycles. The van der Waals surface area contributed by atoms with Crippen molar-refractivity contribution in [3.05, 3.63) is 66.1 Å². The Bertz CT molecular complexity index is 776. The molecule has 12 heteroatoms. The molecule has 0 aromatic carbocycles. The van der Waals surface area contributed by atoms with Gasteiger partial charge in [0, 0.05) is 24.8 Å². The zero-order valence-electron chi connectivity index (χ0n) is 17.9. The van der Waals surface area contributed by atoms with Crippen LogP contribution in [0.15, 0.2) is 66.1 Å². The lowest BCUT2D eigenvalue weighted by Gasteiger charge is -2.14. The van der Waals surface area contributed by atoms with E-state index in [0.29, 0.717) is 19.6 Å². The Balaban J connectivity index is 0. The standard InChI is InChI=1S/2C8H6N2O2S2.2C2H6.2CH4/c2*11-7-5(13-3-1-9-7)6-8(12)10-2-4-14-6;2*1-2;;/h2*1-4H,(H,9,11)(H,10,12);2*1-2H3;2*1H4/b6-5+;6-5-;;;;. The third-order valence-electron chi connectivity index (χ3n) is 3.11. The van der Waals surface area contributed by atoms with Crippen LogP contribution in [0.2, 0.25) is 0 Å². The molecule has 8 nitrogen and oxygen atoms in total. The normalized spacial score (nSPS) is 21.8. The van der Waals surface area contributed by atoms with Crippen LogP contribution in [0.25, 0.3) is 0 Å². The highest BCUT2D eigenvalue weighted by Crippen LogP contribution is 2.33. The van der Waals surface area contributed by atoms with E-state index in [0.717, 1.165) is 0 Å². The van der Waals surface area contributed by atoms with Crippen molar-refractivity contribution in [1.82, 2.24) is 21.3 Å². The van der Waals surface area contributed by atoms with Gasteiger partial charge in [0.15, 0.2) is 0 Å². The van der Waals surface area contributed by atoms with Gasteiger partial charge in [0.2, 0.25) is 0 Å². The molecule has 0 spiro atoms. The van der Waals surface area contributed by atoms with E-state index in [1.54, 1.807) is 46.4 Å². The van der Waals surface area contributed by atoms with Crippen LogP contribution >= 0.6 is 47.0 Å². The topological polar surface area (TPSA) is 116 Å². The summed E-state index contributed by atoms with van der Waals surface area (Å²) in [6.07, 6.45) is 6.22. The van der Waals surface area contributed by atoms with Crippen molar-refractivity contribution < 1.29 is 19.2 Å². The molecule has 0 saturated carbocycles. The fourth-order valence-electron chi connectivity index (χ4n) is 1.95. The second-order valence-corrected chi connectivity index (χ2v) is 8.56. The highest BCUT2D eigenvalue weighted by molar-refractivity contribution is 8.11. The number of thioether (sulfide) groups is 4. The molecule has 0 aromatic rings. The molecular formula is C22H32N4O4S4. The number of carbonyl (C=O) groups excluding carboxylic acids is 4. The summed E-state index contributed by atoms with van der Waals surface area (Å²) in [4.78, 5) is 47.3. The van der Waals surface area contributed by atoms with Crippen LogP contribution in [0.1, 0.15) is 42.5 Å². The summed E-state index contributed by atoms with van der Waals surface area (Å²) in [5.74, 6) is -0.924. The molecule has 4 aliphatic heterocycles. The molecule has 0 unspecified atom stereocenters. The first kappa shape index (κ1) is 33.9. The summed E-state index contributed by atoms with van der Waals surface area (Å²) in [7, 11) is 0. The van der Waals surface area contributed by atoms with E-state index in [1.807, 2.05) is 27.7 Å². The minimum atomic E-state index is -0.231. The summed E-state index contributed by atoms with van der Waals surface area (Å²) < 4.78 is 0. The lowest BCUT2D eigenvalue weighted by Crippen LogP contribution is -2.27. The summed E-state index contributed by atoms with van der Waals surface area (Å²) in [5, 5.41) is 17.1. The van der Waals surface area contributed by atoms with E-state index < -0.39 is 0 Å². The molecule has 0 aromatic heterocycles. The molecule has 4 rings (SSSR count). The van der Waals surface area contributed by atoms with Gasteiger partial charge in [-0.2, -0.15) is 0 Å². The molecule has 0 saturated heterocycles. The summed E-state index contributed by atoms with van der Waals surface area (Å²) in [5.41, 5.74) is 0. The van der Waals surface area contributed by atoms with Crippen molar-refractivity contribution in [2.24, 2.45) is 0 Å². The zero-order valence-corrected chi connectivity index (χ0v) is 21.2. The molecule has 4 amide bonds. The van der Waals surface area contributed by atoms with E-state index >= 15 is 0 Å². The molecule has 0 bridgehead atoms. The Labute approximate surface area is 219 Å². The third kappa shape index (κ3) is 9.92. The summed E-state index contributed by atoms with van der Waals surface area (Å²) in [6.45, 7) is 8.00. The Kier molecular flexibility index (Phi) is 19.0. The van der Waals surface area contributed by atoms with Crippen LogP contribution in [0.3, 0.4) is 0 Å². The van der Waals surface area contributed by atoms with Gasteiger partial charge in [-0.15, -0.1) is 0 Å². The highest BCUT2D eigenvalue weighted by atomic mass is 32.2. The molecule has 4 N–H and O–H groups in total. The van der Waals surface area contributed by atoms with Crippen molar-refractivity contribution in [3.8, 4) is 0 Å². The number of hydrogen-bond acceptors (Lipinski definition) is 8. The van der Waals surface area contributed by atoms with E-state index in [4.69, 9.17) is 0 Å². The van der Waals surface area contributed by atoms with Crippen molar-refractivity contribution in [1.29, 1.82) is 0 Å². The van der Waals surface area contributed by atoms with Crippen molar-refractivity contribution in [2.75, 3.05) is 0 Å². The molecule has 0 atom stereocenters. The Morgan fingerprint density at radius 2 is 0.618 bits per heavy atom. The van der Waals surface area contributed by atoms with Crippen molar-refractivity contribution in [2.45, 2.75) is 42.5 Å². The first-order valence-corrected chi connectivity index (χ1v) is 13.1. The molecule has 4 aliphatic rings. The SMILES string of the molecule is C.C.CC.CC.O=C1NC=CS/C1=C1/SC=CNC1=O.O=C1NC=CS/C1=C1\SC=CNC1=O. The number of amides is 4. The quantitative estimate of drug-likeness (QED) is 0.313. The van der Waals surface area contributed by atoms with Crippen LogP contribution in [0.5, 0.6) is 0 Å². The summed E-state index contributed by atoms with van der Waals surface area (Å²) >= 11 is 5.01. The Hall–Kier alpha value is -2.28.